The number of rotatable bonds is 9. The molecule has 3 aromatic rings. The molecule has 0 radical (unpaired) electrons. The summed E-state index contributed by atoms with van der Waals surface area (Å²) >= 11 is 0. The van der Waals surface area contributed by atoms with Crippen molar-refractivity contribution in [3.63, 3.8) is 0 Å². The lowest BCUT2D eigenvalue weighted by atomic mass is 9.97. The number of hydrogen-bond acceptors (Lipinski definition) is 4. The van der Waals surface area contributed by atoms with Gasteiger partial charge in [0.25, 0.3) is 0 Å². The van der Waals surface area contributed by atoms with Crippen LogP contribution in [-0.2, 0) is 6.42 Å². The molecule has 30 heavy (non-hydrogen) atoms. The van der Waals surface area contributed by atoms with Crippen LogP contribution in [0.4, 0.5) is 19.0 Å². The fraction of sp³-hybridized carbons (Fsp3) is 0.409. The lowest BCUT2D eigenvalue weighted by molar-refractivity contribution is 0.138. The van der Waals surface area contributed by atoms with Gasteiger partial charge in [-0.25, -0.2) is 22.7 Å². The summed E-state index contributed by atoms with van der Waals surface area (Å²) in [5.74, 6) is 0.312. The van der Waals surface area contributed by atoms with E-state index in [1.54, 1.807) is 36.1 Å². The molecular formula is C22H26F3N5. The van der Waals surface area contributed by atoms with Crippen LogP contribution in [0.1, 0.15) is 55.3 Å². The smallest absolute Gasteiger partial charge is 0.239 e. The molecule has 0 saturated carbocycles. The second kappa shape index (κ2) is 9.73. The van der Waals surface area contributed by atoms with Crippen molar-refractivity contribution in [2.24, 2.45) is 4.99 Å². The monoisotopic (exact) mass is 417 g/mol. The Morgan fingerprint density at radius 2 is 2.03 bits per heavy atom. The number of anilines is 1. The molecule has 2 aromatic heterocycles. The van der Waals surface area contributed by atoms with E-state index in [9.17, 15) is 13.2 Å². The van der Waals surface area contributed by atoms with E-state index in [4.69, 9.17) is 4.98 Å². The van der Waals surface area contributed by atoms with E-state index in [1.165, 1.54) is 12.1 Å². The van der Waals surface area contributed by atoms with Crippen molar-refractivity contribution in [3.05, 3.63) is 59.2 Å². The summed E-state index contributed by atoms with van der Waals surface area (Å²) in [5, 5.41) is 7.63. The highest BCUT2D eigenvalue weighted by atomic mass is 19.3. The molecule has 0 bridgehead atoms. The first-order valence-electron chi connectivity index (χ1n) is 10.0. The average molecular weight is 417 g/mol. The second-order valence-electron chi connectivity index (χ2n) is 7.24. The standard InChI is InChI=1S/C22H26F3N5/c1-4-15(12-26-3)19-13-27-30-10-9-21(29-22(19)30)28-14(2)18-11-17(23)7-5-16(18)6-8-20(24)25/h5,7,9-15,20H,4,6,8H2,1-3H3,(H,28,29)/b26-12-. The van der Waals surface area contributed by atoms with Crippen LogP contribution in [0.15, 0.2) is 41.7 Å². The predicted molar refractivity (Wildman–Crippen MR) is 113 cm³/mol. The summed E-state index contributed by atoms with van der Waals surface area (Å²) in [6, 6.07) is 5.75. The fourth-order valence-electron chi connectivity index (χ4n) is 3.57. The molecule has 0 aliphatic heterocycles. The fourth-order valence-corrected chi connectivity index (χ4v) is 3.57. The predicted octanol–water partition coefficient (Wildman–Crippen LogP) is 5.43. The minimum atomic E-state index is -2.39. The summed E-state index contributed by atoms with van der Waals surface area (Å²) in [6.45, 7) is 3.94. The zero-order valence-electron chi connectivity index (χ0n) is 17.3. The molecule has 0 amide bonds. The van der Waals surface area contributed by atoms with E-state index in [-0.39, 0.29) is 24.8 Å². The van der Waals surface area contributed by atoms with Crippen molar-refractivity contribution in [2.75, 3.05) is 12.4 Å². The minimum Gasteiger partial charge on any atom is -0.363 e. The van der Waals surface area contributed by atoms with Gasteiger partial charge in [0.1, 0.15) is 11.6 Å². The van der Waals surface area contributed by atoms with Gasteiger partial charge in [0.2, 0.25) is 6.43 Å². The summed E-state index contributed by atoms with van der Waals surface area (Å²) in [4.78, 5) is 8.83. The molecular weight excluding hydrogens is 391 g/mol. The Bertz CT molecular complexity index is 1020. The lowest BCUT2D eigenvalue weighted by Crippen LogP contribution is -2.12. The summed E-state index contributed by atoms with van der Waals surface area (Å²) < 4.78 is 40.9. The number of aliphatic imine (C=N–C) groups is 1. The third-order valence-electron chi connectivity index (χ3n) is 5.14. The van der Waals surface area contributed by atoms with Crippen LogP contribution in [0.5, 0.6) is 0 Å². The molecule has 0 saturated heterocycles. The quantitative estimate of drug-likeness (QED) is 0.472. The first kappa shape index (κ1) is 21.8. The zero-order chi connectivity index (χ0) is 21.7. The molecule has 8 heteroatoms. The van der Waals surface area contributed by atoms with Crippen molar-refractivity contribution in [1.82, 2.24) is 14.6 Å². The summed E-state index contributed by atoms with van der Waals surface area (Å²) in [6.07, 6.45) is 3.88. The Morgan fingerprint density at radius 1 is 1.23 bits per heavy atom. The maximum atomic E-state index is 13.8. The molecule has 0 spiro atoms. The van der Waals surface area contributed by atoms with Gasteiger partial charge in [0, 0.05) is 37.4 Å². The molecule has 1 N–H and O–H groups in total. The van der Waals surface area contributed by atoms with Crippen LogP contribution in [0.3, 0.4) is 0 Å². The normalized spacial score (nSPS) is 14.0. The van der Waals surface area contributed by atoms with E-state index >= 15 is 0 Å². The van der Waals surface area contributed by atoms with Crippen molar-refractivity contribution in [1.29, 1.82) is 0 Å². The first-order valence-corrected chi connectivity index (χ1v) is 10.0. The van der Waals surface area contributed by atoms with Crippen molar-refractivity contribution >= 4 is 17.7 Å². The van der Waals surface area contributed by atoms with Crippen molar-refractivity contribution in [2.45, 2.75) is 51.5 Å². The van der Waals surface area contributed by atoms with Crippen molar-refractivity contribution < 1.29 is 13.2 Å². The number of fused-ring (bicyclic) bond motifs is 1. The third-order valence-corrected chi connectivity index (χ3v) is 5.14. The first-order chi connectivity index (χ1) is 14.4. The van der Waals surface area contributed by atoms with Crippen LogP contribution < -0.4 is 5.32 Å². The van der Waals surface area contributed by atoms with Gasteiger partial charge in [-0.1, -0.05) is 13.0 Å². The van der Waals surface area contributed by atoms with E-state index < -0.39 is 12.2 Å². The molecule has 0 aliphatic carbocycles. The highest BCUT2D eigenvalue weighted by molar-refractivity contribution is 5.72. The minimum absolute atomic E-state index is 0.108. The summed E-state index contributed by atoms with van der Waals surface area (Å²) in [7, 11) is 1.74. The molecule has 160 valence electrons. The highest BCUT2D eigenvalue weighted by Crippen LogP contribution is 2.26. The van der Waals surface area contributed by atoms with Gasteiger partial charge >= 0.3 is 0 Å². The second-order valence-corrected chi connectivity index (χ2v) is 7.24. The summed E-state index contributed by atoms with van der Waals surface area (Å²) in [5.41, 5.74) is 3.04. The van der Waals surface area contributed by atoms with Gasteiger partial charge in [0.05, 0.1) is 12.2 Å². The van der Waals surface area contributed by atoms with E-state index in [0.717, 1.165) is 17.6 Å². The number of nitrogens with one attached hydrogen (secondary N) is 1. The number of nitrogens with zero attached hydrogens (tertiary/aromatic N) is 4. The lowest BCUT2D eigenvalue weighted by Gasteiger charge is -2.19. The van der Waals surface area contributed by atoms with Gasteiger partial charge in [0.15, 0.2) is 5.65 Å². The number of halogens is 3. The van der Waals surface area contributed by atoms with Gasteiger partial charge < -0.3 is 10.3 Å². The van der Waals surface area contributed by atoms with Crippen LogP contribution in [0.2, 0.25) is 0 Å². The van der Waals surface area contributed by atoms with Crippen LogP contribution >= 0.6 is 0 Å². The topological polar surface area (TPSA) is 54.6 Å². The van der Waals surface area contributed by atoms with Crippen LogP contribution in [0.25, 0.3) is 5.65 Å². The van der Waals surface area contributed by atoms with Crippen molar-refractivity contribution in [3.8, 4) is 0 Å². The largest absolute Gasteiger partial charge is 0.363 e. The molecule has 3 rings (SSSR count). The van der Waals surface area contributed by atoms with Crippen LogP contribution in [-0.4, -0.2) is 34.3 Å². The Hall–Kier alpha value is -2.90. The Morgan fingerprint density at radius 3 is 2.73 bits per heavy atom. The highest BCUT2D eigenvalue weighted by Gasteiger charge is 2.17. The molecule has 2 heterocycles. The number of aromatic nitrogens is 3. The third kappa shape index (κ3) is 4.98. The molecule has 0 fully saturated rings. The Kier molecular flexibility index (Phi) is 7.07. The molecule has 2 atom stereocenters. The number of hydrogen-bond donors (Lipinski definition) is 1. The SMILES string of the molecule is CCC(/C=N\C)c1cnn2ccc(NC(C)c3cc(F)ccc3CCC(F)F)nc12. The zero-order valence-corrected chi connectivity index (χ0v) is 17.3. The molecule has 2 unspecified atom stereocenters. The van der Waals surface area contributed by atoms with Gasteiger partial charge in [-0.05, 0) is 49.1 Å². The Balaban J connectivity index is 1.88. The van der Waals surface area contributed by atoms with E-state index in [2.05, 4.69) is 22.3 Å². The maximum absolute atomic E-state index is 13.8. The molecule has 0 aliphatic rings. The number of alkyl halides is 2. The van der Waals surface area contributed by atoms with E-state index in [1.807, 2.05) is 13.1 Å². The molecule has 5 nitrogen and oxygen atoms in total. The maximum Gasteiger partial charge on any atom is 0.239 e. The number of benzene rings is 1. The van der Waals surface area contributed by atoms with Crippen LogP contribution in [0, 0.1) is 5.82 Å². The van der Waals surface area contributed by atoms with E-state index in [0.29, 0.717) is 16.9 Å². The number of aryl methyl sites for hydroxylation is 1. The van der Waals surface area contributed by atoms with Gasteiger partial charge in [-0.15, -0.1) is 0 Å². The molecule has 1 aromatic carbocycles. The van der Waals surface area contributed by atoms with Gasteiger partial charge in [-0.3, -0.25) is 0 Å². The Labute approximate surface area is 174 Å². The van der Waals surface area contributed by atoms with Gasteiger partial charge in [-0.2, -0.15) is 5.10 Å². The average Bonchev–Trinajstić information content (AvgIpc) is 3.14.